The molecule has 92 valence electrons. The maximum absolute atomic E-state index is 11.4. The Bertz CT molecular complexity index is 440. The molecule has 2 N–H and O–H groups in total. The zero-order valence-electron chi connectivity index (χ0n) is 9.80. The molecule has 0 heterocycles. The van der Waals surface area contributed by atoms with Gasteiger partial charge in [-0.05, 0) is 17.7 Å². The molecule has 0 fully saturated rings. The molecule has 2 rings (SSSR count). The van der Waals surface area contributed by atoms with Crippen LogP contribution < -0.4 is 10.8 Å². The van der Waals surface area contributed by atoms with Gasteiger partial charge in [0.1, 0.15) is 0 Å². The Kier molecular flexibility index (Phi) is 4.19. The van der Waals surface area contributed by atoms with Gasteiger partial charge < -0.3 is 10.2 Å². The van der Waals surface area contributed by atoms with Crippen LogP contribution in [-0.4, -0.2) is 6.09 Å². The number of benzene rings is 2. The van der Waals surface area contributed by atoms with Gasteiger partial charge in [-0.1, -0.05) is 48.5 Å². The number of carbonyl (C=O) groups is 1. The van der Waals surface area contributed by atoms with Gasteiger partial charge >= 0.3 is 6.09 Å². The largest absolute Gasteiger partial charge is 0.431 e. The minimum Gasteiger partial charge on any atom is -0.324 e. The van der Waals surface area contributed by atoms with Gasteiger partial charge in [-0.2, -0.15) is 0 Å². The van der Waals surface area contributed by atoms with Crippen LogP contribution in [0.1, 0.15) is 5.56 Å². The van der Waals surface area contributed by atoms with E-state index in [1.165, 1.54) is 0 Å². The van der Waals surface area contributed by atoms with Crippen molar-refractivity contribution in [1.82, 2.24) is 5.32 Å². The SMILES string of the molecule is O=C(NCc1ccccc1)ONc1ccccc1. The summed E-state index contributed by atoms with van der Waals surface area (Å²) in [6.45, 7) is 0.441. The van der Waals surface area contributed by atoms with Gasteiger partial charge in [-0.15, -0.1) is 0 Å². The van der Waals surface area contributed by atoms with Gasteiger partial charge in [0.2, 0.25) is 0 Å². The van der Waals surface area contributed by atoms with Crippen molar-refractivity contribution in [1.29, 1.82) is 0 Å². The molecule has 4 nitrogen and oxygen atoms in total. The molecule has 0 bridgehead atoms. The van der Waals surface area contributed by atoms with E-state index < -0.39 is 6.09 Å². The number of anilines is 1. The lowest BCUT2D eigenvalue weighted by atomic mass is 10.2. The number of hydrogen-bond acceptors (Lipinski definition) is 3. The molecule has 2 aromatic rings. The smallest absolute Gasteiger partial charge is 0.324 e. The average molecular weight is 242 g/mol. The summed E-state index contributed by atoms with van der Waals surface area (Å²) >= 11 is 0. The van der Waals surface area contributed by atoms with Crippen molar-refractivity contribution >= 4 is 11.8 Å². The molecule has 0 radical (unpaired) electrons. The van der Waals surface area contributed by atoms with E-state index in [1.807, 2.05) is 60.7 Å². The van der Waals surface area contributed by atoms with Crippen LogP contribution in [0.3, 0.4) is 0 Å². The van der Waals surface area contributed by atoms with Crippen molar-refractivity contribution in [2.24, 2.45) is 0 Å². The van der Waals surface area contributed by atoms with Crippen LogP contribution in [0.5, 0.6) is 0 Å². The van der Waals surface area contributed by atoms with Gasteiger partial charge in [-0.25, -0.2) is 10.3 Å². The van der Waals surface area contributed by atoms with E-state index in [0.29, 0.717) is 6.54 Å². The maximum atomic E-state index is 11.4. The van der Waals surface area contributed by atoms with Gasteiger partial charge in [0.15, 0.2) is 0 Å². The molecule has 4 heteroatoms. The van der Waals surface area contributed by atoms with E-state index >= 15 is 0 Å². The van der Waals surface area contributed by atoms with Crippen molar-refractivity contribution in [2.75, 3.05) is 5.48 Å². The summed E-state index contributed by atoms with van der Waals surface area (Å²) in [6.07, 6.45) is -0.511. The third-order valence-corrected chi connectivity index (χ3v) is 2.32. The van der Waals surface area contributed by atoms with E-state index in [-0.39, 0.29) is 0 Å². The summed E-state index contributed by atoms with van der Waals surface area (Å²) in [6, 6.07) is 18.9. The molecule has 0 aromatic heterocycles. The van der Waals surface area contributed by atoms with E-state index in [4.69, 9.17) is 4.84 Å². The summed E-state index contributed by atoms with van der Waals surface area (Å²) in [7, 11) is 0. The standard InChI is InChI=1S/C14H14N2O2/c17-14(15-11-12-7-3-1-4-8-12)18-16-13-9-5-2-6-10-13/h1-10,16H,11H2,(H,15,17). The highest BCUT2D eigenvalue weighted by atomic mass is 16.7. The van der Waals surface area contributed by atoms with Crippen molar-refractivity contribution in [3.05, 3.63) is 66.2 Å². The van der Waals surface area contributed by atoms with Gasteiger partial charge in [-0.3, -0.25) is 0 Å². The summed E-state index contributed by atoms with van der Waals surface area (Å²) in [5.41, 5.74) is 4.32. The molecule has 0 unspecified atom stereocenters. The Balaban J connectivity index is 1.73. The molecule has 0 aliphatic rings. The van der Waals surface area contributed by atoms with Crippen LogP contribution in [0.25, 0.3) is 0 Å². The monoisotopic (exact) mass is 242 g/mol. The maximum Gasteiger partial charge on any atom is 0.431 e. The molecule has 0 saturated carbocycles. The lowest BCUT2D eigenvalue weighted by Crippen LogP contribution is -2.25. The predicted molar refractivity (Wildman–Crippen MR) is 69.8 cm³/mol. The average Bonchev–Trinajstić information content (AvgIpc) is 2.45. The lowest BCUT2D eigenvalue weighted by molar-refractivity contribution is 0.169. The second-order valence-corrected chi connectivity index (χ2v) is 3.70. The first-order valence-electron chi connectivity index (χ1n) is 5.64. The fourth-order valence-electron chi connectivity index (χ4n) is 1.42. The fraction of sp³-hybridized carbons (Fsp3) is 0.0714. The van der Waals surface area contributed by atoms with Gasteiger partial charge in [0.25, 0.3) is 0 Å². The molecule has 0 spiro atoms. The third-order valence-electron chi connectivity index (χ3n) is 2.32. The van der Waals surface area contributed by atoms with Crippen LogP contribution in [-0.2, 0) is 11.4 Å². The fourth-order valence-corrected chi connectivity index (χ4v) is 1.42. The van der Waals surface area contributed by atoms with Gasteiger partial charge in [0.05, 0.1) is 5.69 Å². The topological polar surface area (TPSA) is 50.4 Å². The summed E-state index contributed by atoms with van der Waals surface area (Å²) in [5.74, 6) is 0. The first-order chi connectivity index (χ1) is 8.84. The summed E-state index contributed by atoms with van der Waals surface area (Å²) < 4.78 is 0. The van der Waals surface area contributed by atoms with E-state index in [9.17, 15) is 4.79 Å². The molecule has 2 aromatic carbocycles. The number of rotatable bonds is 4. The molecule has 0 saturated heterocycles. The highest BCUT2D eigenvalue weighted by molar-refractivity contribution is 5.68. The molecule has 1 amide bonds. The minimum absolute atomic E-state index is 0.441. The zero-order valence-corrected chi connectivity index (χ0v) is 9.80. The first-order valence-corrected chi connectivity index (χ1v) is 5.64. The van der Waals surface area contributed by atoms with Crippen LogP contribution in [0.15, 0.2) is 60.7 Å². The van der Waals surface area contributed by atoms with Crippen LogP contribution in [0.2, 0.25) is 0 Å². The van der Waals surface area contributed by atoms with Crippen molar-refractivity contribution in [3.63, 3.8) is 0 Å². The van der Waals surface area contributed by atoms with Crippen LogP contribution in [0, 0.1) is 0 Å². The minimum atomic E-state index is -0.511. The highest BCUT2D eigenvalue weighted by Gasteiger charge is 2.01. The number of para-hydroxylation sites is 1. The van der Waals surface area contributed by atoms with E-state index in [2.05, 4.69) is 10.8 Å². The summed E-state index contributed by atoms with van der Waals surface area (Å²) in [4.78, 5) is 16.2. The van der Waals surface area contributed by atoms with E-state index in [1.54, 1.807) is 0 Å². The third kappa shape index (κ3) is 3.83. The number of amides is 1. The molecule has 18 heavy (non-hydrogen) atoms. The highest BCUT2D eigenvalue weighted by Crippen LogP contribution is 2.04. The normalized spacial score (nSPS) is 9.56. The first kappa shape index (κ1) is 12.0. The Morgan fingerprint density at radius 3 is 2.22 bits per heavy atom. The van der Waals surface area contributed by atoms with Gasteiger partial charge in [0, 0.05) is 6.54 Å². The quantitative estimate of drug-likeness (QED) is 0.810. The summed E-state index contributed by atoms with van der Waals surface area (Å²) in [5, 5.41) is 2.65. The second kappa shape index (κ2) is 6.30. The molecular weight excluding hydrogens is 228 g/mol. The van der Waals surface area contributed by atoms with Crippen molar-refractivity contribution in [3.8, 4) is 0 Å². The Labute approximate surface area is 106 Å². The zero-order chi connectivity index (χ0) is 12.6. The lowest BCUT2D eigenvalue weighted by Gasteiger charge is -2.07. The Morgan fingerprint density at radius 1 is 0.944 bits per heavy atom. The Morgan fingerprint density at radius 2 is 1.56 bits per heavy atom. The number of carbonyl (C=O) groups excluding carboxylic acids is 1. The number of nitrogens with one attached hydrogen (secondary N) is 2. The molecule has 0 aliphatic heterocycles. The van der Waals surface area contributed by atoms with Crippen molar-refractivity contribution < 1.29 is 9.63 Å². The molecule has 0 atom stereocenters. The molecule has 0 aliphatic carbocycles. The van der Waals surface area contributed by atoms with Crippen LogP contribution in [0.4, 0.5) is 10.5 Å². The van der Waals surface area contributed by atoms with Crippen LogP contribution >= 0.6 is 0 Å². The second-order valence-electron chi connectivity index (χ2n) is 3.70. The number of hydrogen-bond donors (Lipinski definition) is 2. The van der Waals surface area contributed by atoms with Crippen molar-refractivity contribution in [2.45, 2.75) is 6.54 Å². The predicted octanol–water partition coefficient (Wildman–Crippen LogP) is 2.94. The molecular formula is C14H14N2O2. The Hall–Kier alpha value is -2.49. The van der Waals surface area contributed by atoms with E-state index in [0.717, 1.165) is 11.3 Å².